The predicted octanol–water partition coefficient (Wildman–Crippen LogP) is 4.50. The summed E-state index contributed by atoms with van der Waals surface area (Å²) < 4.78 is 21.5. The largest absolute Gasteiger partial charge is 0.493 e. The molecule has 3 aliphatic rings. The molecule has 3 aromatic rings. The van der Waals surface area contributed by atoms with E-state index in [-0.39, 0.29) is 22.7 Å². The number of benzene rings is 3. The van der Waals surface area contributed by atoms with Crippen LogP contribution >= 0.6 is 11.6 Å². The van der Waals surface area contributed by atoms with Crippen LogP contribution in [0.15, 0.2) is 65.8 Å². The third-order valence-electron chi connectivity index (χ3n) is 8.72. The van der Waals surface area contributed by atoms with Gasteiger partial charge in [0.05, 0.1) is 22.9 Å². The quantitative estimate of drug-likeness (QED) is 0.196. The van der Waals surface area contributed by atoms with Crippen LogP contribution in [0.1, 0.15) is 52.4 Å². The lowest BCUT2D eigenvalue weighted by Crippen LogP contribution is -2.45. The molecule has 48 heavy (non-hydrogen) atoms. The number of fused-ring (bicyclic) bond motifs is 1. The molecule has 12 nitrogen and oxygen atoms in total. The lowest BCUT2D eigenvalue weighted by molar-refractivity contribution is -0.135. The SMILES string of the molecule is O=C(O)c1ccc(NC(=O)[C@H]2c3cccc(OCCC4CCNCC4)c3CCN2C(=O)/C=C/c2c(N3C=NNN3)ccc(Cl)c2F)cc1. The van der Waals surface area contributed by atoms with Crippen LogP contribution in [0.3, 0.4) is 0 Å². The molecule has 250 valence electrons. The van der Waals surface area contributed by atoms with Crippen molar-refractivity contribution in [3.63, 3.8) is 0 Å². The molecule has 0 aliphatic carbocycles. The third-order valence-corrected chi connectivity index (χ3v) is 9.01. The van der Waals surface area contributed by atoms with Crippen LogP contribution in [-0.2, 0) is 16.0 Å². The second-order valence-corrected chi connectivity index (χ2v) is 12.1. The van der Waals surface area contributed by atoms with Gasteiger partial charge < -0.3 is 25.4 Å². The minimum Gasteiger partial charge on any atom is -0.493 e. The van der Waals surface area contributed by atoms with Crippen LogP contribution in [0, 0.1) is 11.7 Å². The van der Waals surface area contributed by atoms with E-state index in [1.54, 1.807) is 18.2 Å². The Balaban J connectivity index is 1.28. The Hall–Kier alpha value is -4.98. The van der Waals surface area contributed by atoms with Gasteiger partial charge in [0, 0.05) is 29.4 Å². The number of piperidine rings is 1. The molecule has 14 heteroatoms. The molecule has 0 unspecified atom stereocenters. The molecule has 0 radical (unpaired) electrons. The normalized spacial score (nSPS) is 17.7. The fourth-order valence-electron chi connectivity index (χ4n) is 6.20. The summed E-state index contributed by atoms with van der Waals surface area (Å²) >= 11 is 6.08. The zero-order valence-electron chi connectivity index (χ0n) is 25.9. The molecule has 0 saturated carbocycles. The van der Waals surface area contributed by atoms with Gasteiger partial charge in [-0.25, -0.2) is 19.7 Å². The van der Waals surface area contributed by atoms with Crippen molar-refractivity contribution in [3.05, 3.63) is 93.8 Å². The van der Waals surface area contributed by atoms with Gasteiger partial charge in [-0.1, -0.05) is 23.7 Å². The van der Waals surface area contributed by atoms with Crippen molar-refractivity contribution in [2.45, 2.75) is 31.7 Å². The molecule has 0 spiro atoms. The van der Waals surface area contributed by atoms with Crippen molar-refractivity contribution >= 4 is 53.2 Å². The highest BCUT2D eigenvalue weighted by Gasteiger charge is 2.37. The van der Waals surface area contributed by atoms with Gasteiger partial charge in [0.25, 0.3) is 5.91 Å². The van der Waals surface area contributed by atoms with Gasteiger partial charge in [0.1, 0.15) is 18.1 Å². The smallest absolute Gasteiger partial charge is 0.335 e. The molecule has 1 saturated heterocycles. The number of halogens is 2. The molecule has 2 amide bonds. The first-order chi connectivity index (χ1) is 23.3. The number of hydrogen-bond acceptors (Lipinski definition) is 9. The summed E-state index contributed by atoms with van der Waals surface area (Å²) in [5.74, 6) is -1.57. The first-order valence-corrected chi connectivity index (χ1v) is 16.1. The summed E-state index contributed by atoms with van der Waals surface area (Å²) in [4.78, 5) is 40.6. The molecule has 1 fully saturated rings. The number of rotatable bonds is 10. The van der Waals surface area contributed by atoms with Crippen molar-refractivity contribution in [1.29, 1.82) is 0 Å². The zero-order chi connectivity index (χ0) is 33.6. The molecular weight excluding hydrogens is 641 g/mol. The van der Waals surface area contributed by atoms with Crippen LogP contribution in [0.4, 0.5) is 15.8 Å². The van der Waals surface area contributed by atoms with Crippen molar-refractivity contribution < 1.29 is 28.6 Å². The summed E-state index contributed by atoms with van der Waals surface area (Å²) in [5, 5.41) is 20.6. The maximum Gasteiger partial charge on any atom is 0.335 e. The summed E-state index contributed by atoms with van der Waals surface area (Å²) in [7, 11) is 0. The van der Waals surface area contributed by atoms with Crippen molar-refractivity contribution in [1.82, 2.24) is 21.3 Å². The van der Waals surface area contributed by atoms with Gasteiger partial charge in [-0.05, 0) is 98.8 Å². The molecule has 3 aromatic carbocycles. The second kappa shape index (κ2) is 14.8. The molecule has 1 atom stereocenters. The Morgan fingerprint density at radius 2 is 1.90 bits per heavy atom. The highest BCUT2D eigenvalue weighted by atomic mass is 35.5. The Bertz CT molecular complexity index is 1750. The number of hydrazine groups is 2. The average molecular weight is 676 g/mol. The maximum atomic E-state index is 15.3. The number of nitrogens with one attached hydrogen (secondary N) is 4. The fraction of sp³-hybridized carbons (Fsp3) is 0.294. The van der Waals surface area contributed by atoms with Crippen LogP contribution in [-0.4, -0.2) is 60.4 Å². The van der Waals surface area contributed by atoms with E-state index < -0.39 is 29.6 Å². The number of carboxylic acid groups (broad SMARTS) is 1. The number of carboxylic acids is 1. The third kappa shape index (κ3) is 7.28. The number of amides is 2. The molecule has 3 aliphatic heterocycles. The van der Waals surface area contributed by atoms with E-state index in [1.165, 1.54) is 58.7 Å². The summed E-state index contributed by atoms with van der Waals surface area (Å²) in [6.07, 6.45) is 7.51. The Morgan fingerprint density at radius 1 is 1.10 bits per heavy atom. The van der Waals surface area contributed by atoms with Gasteiger partial charge in [0.2, 0.25) is 5.91 Å². The molecular formula is C34H35ClFN7O5. The first kappa shape index (κ1) is 32.9. The van der Waals surface area contributed by atoms with E-state index in [2.05, 4.69) is 26.8 Å². The van der Waals surface area contributed by atoms with E-state index >= 15 is 4.39 Å². The van der Waals surface area contributed by atoms with Crippen LogP contribution < -0.4 is 31.4 Å². The van der Waals surface area contributed by atoms with Gasteiger partial charge in [-0.15, -0.1) is 5.53 Å². The molecule has 6 rings (SSSR count). The minimum absolute atomic E-state index is 0.0415. The second-order valence-electron chi connectivity index (χ2n) is 11.7. The van der Waals surface area contributed by atoms with Gasteiger partial charge in [0.15, 0.2) is 5.82 Å². The number of aromatic carboxylic acids is 1. The van der Waals surface area contributed by atoms with Gasteiger partial charge in [-0.3, -0.25) is 9.59 Å². The molecule has 3 heterocycles. The average Bonchev–Trinajstić information content (AvgIpc) is 3.64. The number of ether oxygens (including phenoxy) is 1. The monoisotopic (exact) mass is 675 g/mol. The topological polar surface area (TPSA) is 148 Å². The highest BCUT2D eigenvalue weighted by Crippen LogP contribution is 2.37. The number of hydrogen-bond donors (Lipinski definition) is 5. The maximum absolute atomic E-state index is 15.3. The van der Waals surface area contributed by atoms with Crippen molar-refractivity contribution in [3.8, 4) is 5.75 Å². The van der Waals surface area contributed by atoms with E-state index in [9.17, 15) is 19.5 Å². The standard InChI is InChI=1S/C34H35ClFN7O5/c35-27-9-10-28(43-20-38-40-41-43)26(31(27)36)8-11-30(44)42-18-14-24-25(2-1-3-29(24)48-19-15-21-12-16-37-17-13-21)32(42)33(45)39-23-6-4-22(5-7-23)34(46)47/h1-11,20-21,32,37,40-41H,12-19H2,(H,39,45)(H,46,47)/b11-8+/t32-/m1/s1. The summed E-state index contributed by atoms with van der Waals surface area (Å²) in [5.41, 5.74) is 7.57. The van der Waals surface area contributed by atoms with Crippen molar-refractivity contribution in [2.75, 3.05) is 36.6 Å². The van der Waals surface area contributed by atoms with Crippen LogP contribution in [0.25, 0.3) is 6.08 Å². The number of carbonyl (C=O) groups is 3. The predicted molar refractivity (Wildman–Crippen MR) is 180 cm³/mol. The van der Waals surface area contributed by atoms with E-state index in [0.29, 0.717) is 41.6 Å². The highest BCUT2D eigenvalue weighted by molar-refractivity contribution is 6.31. The number of anilines is 2. The van der Waals surface area contributed by atoms with E-state index in [4.69, 9.17) is 16.3 Å². The number of hydrazone groups is 1. The zero-order valence-corrected chi connectivity index (χ0v) is 26.7. The lowest BCUT2D eigenvalue weighted by Gasteiger charge is -2.36. The molecule has 0 bridgehead atoms. The van der Waals surface area contributed by atoms with E-state index in [0.717, 1.165) is 37.9 Å². The summed E-state index contributed by atoms with van der Waals surface area (Å²) in [6.45, 7) is 2.74. The Labute approximate surface area is 281 Å². The summed E-state index contributed by atoms with van der Waals surface area (Å²) in [6, 6.07) is 13.2. The Morgan fingerprint density at radius 3 is 2.62 bits per heavy atom. The number of carbonyl (C=O) groups excluding carboxylic acids is 2. The van der Waals surface area contributed by atoms with Gasteiger partial charge >= 0.3 is 5.97 Å². The molecule has 0 aromatic heterocycles. The first-order valence-electron chi connectivity index (χ1n) is 15.7. The van der Waals surface area contributed by atoms with Crippen LogP contribution in [0.2, 0.25) is 5.02 Å². The minimum atomic E-state index is -1.09. The fourth-order valence-corrected chi connectivity index (χ4v) is 6.36. The Kier molecular flexibility index (Phi) is 10.2. The van der Waals surface area contributed by atoms with Crippen LogP contribution in [0.5, 0.6) is 5.75 Å². The van der Waals surface area contributed by atoms with Gasteiger partial charge in [-0.2, -0.15) is 5.10 Å². The van der Waals surface area contributed by atoms with Crippen molar-refractivity contribution in [2.24, 2.45) is 11.0 Å². The molecule has 5 N–H and O–H groups in total. The lowest BCUT2D eigenvalue weighted by atomic mass is 9.90. The van der Waals surface area contributed by atoms with E-state index in [1.807, 2.05) is 6.07 Å². The number of nitrogens with zero attached hydrogens (tertiary/aromatic N) is 3.